The van der Waals surface area contributed by atoms with Gasteiger partial charge in [-0.15, -0.1) is 0 Å². The Morgan fingerprint density at radius 1 is 1.40 bits per heavy atom. The lowest BCUT2D eigenvalue weighted by Gasteiger charge is -2.40. The average molecular weight is 276 g/mol. The minimum absolute atomic E-state index is 0.0495. The first-order chi connectivity index (χ1) is 9.60. The van der Waals surface area contributed by atoms with E-state index in [1.54, 1.807) is 13.0 Å². The first kappa shape index (κ1) is 13.6. The van der Waals surface area contributed by atoms with Gasteiger partial charge in [0.05, 0.1) is 0 Å². The minimum atomic E-state index is -0.283. The lowest BCUT2D eigenvalue weighted by atomic mass is 9.79. The predicted octanol–water partition coefficient (Wildman–Crippen LogP) is 2.35. The van der Waals surface area contributed by atoms with Crippen molar-refractivity contribution in [2.24, 2.45) is 5.41 Å². The summed E-state index contributed by atoms with van der Waals surface area (Å²) < 4.78 is 13.2. The highest BCUT2D eigenvalue weighted by atomic mass is 19.1. The normalized spacial score (nSPS) is 26.2. The smallest absolute Gasteiger partial charge is 0.254 e. The molecule has 0 saturated carbocycles. The molecule has 1 amide bonds. The minimum Gasteiger partial charge on any atom is -0.338 e. The van der Waals surface area contributed by atoms with Crippen molar-refractivity contribution in [2.75, 3.05) is 26.2 Å². The summed E-state index contributed by atoms with van der Waals surface area (Å²) in [6.45, 7) is 5.51. The van der Waals surface area contributed by atoms with E-state index in [1.807, 2.05) is 4.90 Å². The van der Waals surface area contributed by atoms with Gasteiger partial charge in [-0.3, -0.25) is 4.79 Å². The molecular formula is C16H21FN2O. The summed E-state index contributed by atoms with van der Waals surface area (Å²) in [6.07, 6.45) is 3.42. The van der Waals surface area contributed by atoms with Crippen LogP contribution in [-0.2, 0) is 0 Å². The van der Waals surface area contributed by atoms with E-state index in [1.165, 1.54) is 18.6 Å². The van der Waals surface area contributed by atoms with Crippen molar-refractivity contribution in [3.05, 3.63) is 35.1 Å². The first-order valence-corrected chi connectivity index (χ1v) is 7.36. The number of halogens is 1. The molecule has 0 bridgehead atoms. The van der Waals surface area contributed by atoms with E-state index in [-0.39, 0.29) is 17.1 Å². The fourth-order valence-corrected chi connectivity index (χ4v) is 3.56. The summed E-state index contributed by atoms with van der Waals surface area (Å²) in [6, 6.07) is 4.42. The van der Waals surface area contributed by atoms with Gasteiger partial charge in [-0.2, -0.15) is 0 Å². The van der Waals surface area contributed by atoms with Gasteiger partial charge in [-0.1, -0.05) is 0 Å². The maximum absolute atomic E-state index is 13.2. The fourth-order valence-electron chi connectivity index (χ4n) is 3.56. The van der Waals surface area contributed by atoms with E-state index < -0.39 is 0 Å². The highest BCUT2D eigenvalue weighted by molar-refractivity contribution is 5.95. The van der Waals surface area contributed by atoms with Gasteiger partial charge in [-0.25, -0.2) is 4.39 Å². The van der Waals surface area contributed by atoms with Gasteiger partial charge in [0.1, 0.15) is 5.82 Å². The lowest BCUT2D eigenvalue weighted by Crippen LogP contribution is -2.47. The number of carbonyl (C=O) groups excluding carboxylic acids is 1. The Labute approximate surface area is 119 Å². The zero-order valence-electron chi connectivity index (χ0n) is 11.9. The number of piperidine rings is 1. The Morgan fingerprint density at radius 3 is 2.95 bits per heavy atom. The lowest BCUT2D eigenvalue weighted by molar-refractivity contribution is 0.0553. The molecule has 2 aliphatic heterocycles. The number of benzene rings is 1. The van der Waals surface area contributed by atoms with E-state index in [0.29, 0.717) is 5.56 Å². The molecule has 1 N–H and O–H groups in total. The van der Waals surface area contributed by atoms with E-state index in [0.717, 1.165) is 44.6 Å². The molecule has 0 radical (unpaired) electrons. The molecular weight excluding hydrogens is 255 g/mol. The second kappa shape index (κ2) is 5.17. The van der Waals surface area contributed by atoms with Gasteiger partial charge >= 0.3 is 0 Å². The second-order valence-corrected chi connectivity index (χ2v) is 6.22. The van der Waals surface area contributed by atoms with E-state index in [2.05, 4.69) is 5.32 Å². The molecule has 0 aromatic heterocycles. The SMILES string of the molecule is Cc1cc(F)ccc1C(=O)N1CCCC2(CCNC2)C1. The van der Waals surface area contributed by atoms with Gasteiger partial charge in [0.15, 0.2) is 0 Å². The third-order valence-electron chi connectivity index (χ3n) is 4.70. The molecule has 1 unspecified atom stereocenters. The molecule has 3 rings (SSSR count). The number of nitrogens with one attached hydrogen (secondary N) is 1. The summed E-state index contributed by atoms with van der Waals surface area (Å²) in [5, 5.41) is 3.41. The molecule has 1 aromatic carbocycles. The molecule has 2 aliphatic rings. The Hall–Kier alpha value is -1.42. The molecule has 4 heteroatoms. The van der Waals surface area contributed by atoms with Crippen molar-refractivity contribution in [1.82, 2.24) is 10.2 Å². The largest absolute Gasteiger partial charge is 0.338 e. The molecule has 0 aliphatic carbocycles. The van der Waals surface area contributed by atoms with Crippen LogP contribution in [-0.4, -0.2) is 37.0 Å². The number of hydrogen-bond donors (Lipinski definition) is 1. The summed E-state index contributed by atoms with van der Waals surface area (Å²) in [7, 11) is 0. The molecule has 108 valence electrons. The number of amides is 1. The predicted molar refractivity (Wildman–Crippen MR) is 76.2 cm³/mol. The van der Waals surface area contributed by atoms with Crippen molar-refractivity contribution in [1.29, 1.82) is 0 Å². The number of rotatable bonds is 1. The first-order valence-electron chi connectivity index (χ1n) is 7.36. The Kier molecular flexibility index (Phi) is 3.50. The summed E-state index contributed by atoms with van der Waals surface area (Å²) in [4.78, 5) is 14.6. The zero-order valence-corrected chi connectivity index (χ0v) is 11.9. The van der Waals surface area contributed by atoms with Crippen LogP contribution < -0.4 is 5.32 Å². The van der Waals surface area contributed by atoms with Gasteiger partial charge < -0.3 is 10.2 Å². The van der Waals surface area contributed by atoms with Crippen LogP contribution in [0, 0.1) is 18.2 Å². The molecule has 2 heterocycles. The number of nitrogens with zero attached hydrogens (tertiary/aromatic N) is 1. The zero-order chi connectivity index (χ0) is 14.2. The second-order valence-electron chi connectivity index (χ2n) is 6.22. The Morgan fingerprint density at radius 2 is 2.25 bits per heavy atom. The van der Waals surface area contributed by atoms with E-state index >= 15 is 0 Å². The third kappa shape index (κ3) is 2.44. The highest BCUT2D eigenvalue weighted by Gasteiger charge is 2.39. The maximum Gasteiger partial charge on any atom is 0.254 e. The number of hydrogen-bond acceptors (Lipinski definition) is 2. The molecule has 1 atom stereocenters. The van der Waals surface area contributed by atoms with E-state index in [4.69, 9.17) is 0 Å². The van der Waals surface area contributed by atoms with Crippen molar-refractivity contribution < 1.29 is 9.18 Å². The van der Waals surface area contributed by atoms with Gasteiger partial charge in [0.25, 0.3) is 5.91 Å². The molecule has 20 heavy (non-hydrogen) atoms. The monoisotopic (exact) mass is 276 g/mol. The van der Waals surface area contributed by atoms with Gasteiger partial charge in [-0.05, 0) is 56.5 Å². The molecule has 1 aromatic rings. The number of aryl methyl sites for hydroxylation is 1. The molecule has 1 spiro atoms. The van der Waals surface area contributed by atoms with Crippen LogP contribution in [0.4, 0.5) is 4.39 Å². The van der Waals surface area contributed by atoms with Gasteiger partial charge in [0.2, 0.25) is 0 Å². The Bertz CT molecular complexity index is 523. The molecule has 2 fully saturated rings. The van der Waals surface area contributed by atoms with Crippen LogP contribution in [0.15, 0.2) is 18.2 Å². The van der Waals surface area contributed by atoms with Crippen LogP contribution in [0.5, 0.6) is 0 Å². The standard InChI is InChI=1S/C16H21FN2O/c1-12-9-13(17)3-4-14(12)15(20)19-8-2-5-16(11-19)6-7-18-10-16/h3-4,9,18H,2,5-8,10-11H2,1H3. The summed E-state index contributed by atoms with van der Waals surface area (Å²) in [5.41, 5.74) is 1.62. The van der Waals surface area contributed by atoms with Crippen LogP contribution in [0.1, 0.15) is 35.2 Å². The quantitative estimate of drug-likeness (QED) is 0.854. The van der Waals surface area contributed by atoms with Crippen LogP contribution in [0.25, 0.3) is 0 Å². The third-order valence-corrected chi connectivity index (χ3v) is 4.70. The fraction of sp³-hybridized carbons (Fsp3) is 0.562. The van der Waals surface area contributed by atoms with Crippen LogP contribution in [0.2, 0.25) is 0 Å². The highest BCUT2D eigenvalue weighted by Crippen LogP contribution is 2.36. The van der Waals surface area contributed by atoms with Crippen molar-refractivity contribution in [3.8, 4) is 0 Å². The molecule has 3 nitrogen and oxygen atoms in total. The number of likely N-dealkylation sites (tertiary alicyclic amines) is 1. The van der Waals surface area contributed by atoms with Gasteiger partial charge in [0, 0.05) is 30.6 Å². The van der Waals surface area contributed by atoms with Crippen LogP contribution >= 0.6 is 0 Å². The molecule has 2 saturated heterocycles. The van der Waals surface area contributed by atoms with E-state index in [9.17, 15) is 9.18 Å². The van der Waals surface area contributed by atoms with Crippen molar-refractivity contribution in [3.63, 3.8) is 0 Å². The average Bonchev–Trinajstić information content (AvgIpc) is 2.86. The number of carbonyl (C=O) groups is 1. The Balaban J connectivity index is 1.79. The maximum atomic E-state index is 13.2. The van der Waals surface area contributed by atoms with Crippen LogP contribution in [0.3, 0.4) is 0 Å². The summed E-state index contributed by atoms with van der Waals surface area (Å²) >= 11 is 0. The topological polar surface area (TPSA) is 32.3 Å². The van der Waals surface area contributed by atoms with Crippen molar-refractivity contribution >= 4 is 5.91 Å². The summed E-state index contributed by atoms with van der Waals surface area (Å²) in [5.74, 6) is -0.234. The van der Waals surface area contributed by atoms with Crippen molar-refractivity contribution in [2.45, 2.75) is 26.2 Å².